The SMILES string of the molecule is CCCOc1cccc([C@H]2C(=C(O)c3ccc4c(c3)C[C@@H](C)O4)C(=O)C(=O)N2Cc2ccncc2)c1. The lowest BCUT2D eigenvalue weighted by Gasteiger charge is -2.26. The van der Waals surface area contributed by atoms with E-state index in [1.807, 2.05) is 44.2 Å². The molecule has 36 heavy (non-hydrogen) atoms. The van der Waals surface area contributed by atoms with Crippen LogP contribution in [0.2, 0.25) is 0 Å². The predicted octanol–water partition coefficient (Wildman–Crippen LogP) is 4.82. The molecule has 1 fully saturated rings. The Bertz CT molecular complexity index is 1330. The fourth-order valence-electron chi connectivity index (χ4n) is 4.79. The number of fused-ring (bicyclic) bond motifs is 1. The molecule has 2 aromatic carbocycles. The Morgan fingerprint density at radius 3 is 2.72 bits per heavy atom. The van der Waals surface area contributed by atoms with Crippen molar-refractivity contribution in [1.82, 2.24) is 9.88 Å². The summed E-state index contributed by atoms with van der Waals surface area (Å²) in [7, 11) is 0. The molecule has 0 radical (unpaired) electrons. The van der Waals surface area contributed by atoms with Gasteiger partial charge in [0.25, 0.3) is 11.7 Å². The fraction of sp³-hybridized carbons (Fsp3) is 0.276. The molecule has 2 atom stereocenters. The molecule has 184 valence electrons. The number of ketones is 1. The molecular formula is C29H28N2O5. The van der Waals surface area contributed by atoms with E-state index in [9.17, 15) is 14.7 Å². The van der Waals surface area contributed by atoms with E-state index in [4.69, 9.17) is 9.47 Å². The predicted molar refractivity (Wildman–Crippen MR) is 135 cm³/mol. The maximum Gasteiger partial charge on any atom is 0.295 e. The summed E-state index contributed by atoms with van der Waals surface area (Å²) < 4.78 is 11.6. The Balaban J connectivity index is 1.61. The smallest absolute Gasteiger partial charge is 0.295 e. The molecule has 5 rings (SSSR count). The molecular weight excluding hydrogens is 456 g/mol. The summed E-state index contributed by atoms with van der Waals surface area (Å²) in [6.07, 6.45) is 4.91. The molecule has 0 aliphatic carbocycles. The van der Waals surface area contributed by atoms with Crippen LogP contribution in [0.3, 0.4) is 0 Å². The topological polar surface area (TPSA) is 89.0 Å². The summed E-state index contributed by atoms with van der Waals surface area (Å²) in [5.41, 5.74) is 3.03. The number of benzene rings is 2. The van der Waals surface area contributed by atoms with Crippen molar-refractivity contribution < 1.29 is 24.2 Å². The first kappa shape index (κ1) is 23.6. The molecule has 1 aromatic heterocycles. The number of carbonyl (C=O) groups excluding carboxylic acids is 2. The van der Waals surface area contributed by atoms with Gasteiger partial charge in [0.1, 0.15) is 23.4 Å². The number of Topliss-reactive ketones (excluding diaryl/α,β-unsaturated/α-hetero) is 1. The standard InChI is InChI=1S/C29H28N2O5/c1-3-13-35-23-6-4-5-20(16-23)26-25(27(32)21-7-8-24-22(15-21)14-18(2)36-24)28(33)29(34)31(26)17-19-9-11-30-12-10-19/h4-12,15-16,18,26,32H,3,13-14,17H2,1-2H3/t18-,26+/m1/s1. The molecule has 0 unspecified atom stereocenters. The van der Waals surface area contributed by atoms with Crippen molar-refractivity contribution in [3.63, 3.8) is 0 Å². The molecule has 1 N–H and O–H groups in total. The van der Waals surface area contributed by atoms with Gasteiger partial charge in [-0.05, 0) is 72.5 Å². The Labute approximate surface area is 210 Å². The summed E-state index contributed by atoms with van der Waals surface area (Å²) in [6, 6.07) is 15.6. The second kappa shape index (κ2) is 9.85. The van der Waals surface area contributed by atoms with Crippen LogP contribution in [0.15, 0.2) is 72.6 Å². The van der Waals surface area contributed by atoms with Crippen LogP contribution in [0.5, 0.6) is 11.5 Å². The van der Waals surface area contributed by atoms with E-state index in [0.717, 1.165) is 23.3 Å². The van der Waals surface area contributed by atoms with E-state index in [-0.39, 0.29) is 24.0 Å². The van der Waals surface area contributed by atoms with Gasteiger partial charge in [0.15, 0.2) is 0 Å². The molecule has 1 saturated heterocycles. The fourth-order valence-corrected chi connectivity index (χ4v) is 4.79. The lowest BCUT2D eigenvalue weighted by molar-refractivity contribution is -0.140. The van der Waals surface area contributed by atoms with Crippen LogP contribution >= 0.6 is 0 Å². The van der Waals surface area contributed by atoms with Gasteiger partial charge in [-0.15, -0.1) is 0 Å². The van der Waals surface area contributed by atoms with Gasteiger partial charge < -0.3 is 19.5 Å². The Hall–Kier alpha value is -4.13. The normalized spacial score (nSPS) is 20.3. The van der Waals surface area contributed by atoms with Gasteiger partial charge in [0, 0.05) is 30.9 Å². The summed E-state index contributed by atoms with van der Waals surface area (Å²) >= 11 is 0. The molecule has 2 aliphatic heterocycles. The number of hydrogen-bond acceptors (Lipinski definition) is 6. The molecule has 2 aliphatic rings. The summed E-state index contributed by atoms with van der Waals surface area (Å²) in [5.74, 6) is -0.146. The van der Waals surface area contributed by atoms with Crippen LogP contribution in [-0.2, 0) is 22.6 Å². The highest BCUT2D eigenvalue weighted by molar-refractivity contribution is 6.46. The number of aliphatic hydroxyl groups is 1. The van der Waals surface area contributed by atoms with Crippen LogP contribution in [0, 0.1) is 0 Å². The monoisotopic (exact) mass is 484 g/mol. The number of amides is 1. The molecule has 7 nitrogen and oxygen atoms in total. The number of ether oxygens (including phenoxy) is 2. The van der Waals surface area contributed by atoms with E-state index >= 15 is 0 Å². The van der Waals surface area contributed by atoms with Gasteiger partial charge >= 0.3 is 0 Å². The first-order valence-corrected chi connectivity index (χ1v) is 12.2. The maximum atomic E-state index is 13.4. The van der Waals surface area contributed by atoms with Crippen molar-refractivity contribution in [3.8, 4) is 11.5 Å². The first-order valence-electron chi connectivity index (χ1n) is 12.2. The van der Waals surface area contributed by atoms with Crippen molar-refractivity contribution >= 4 is 17.4 Å². The zero-order chi connectivity index (χ0) is 25.2. The van der Waals surface area contributed by atoms with Crippen molar-refractivity contribution in [2.75, 3.05) is 6.61 Å². The number of carbonyl (C=O) groups is 2. The largest absolute Gasteiger partial charge is 0.507 e. The maximum absolute atomic E-state index is 13.4. The number of aliphatic hydroxyl groups excluding tert-OH is 1. The van der Waals surface area contributed by atoms with Gasteiger partial charge in [-0.1, -0.05) is 19.1 Å². The van der Waals surface area contributed by atoms with E-state index in [1.165, 1.54) is 4.90 Å². The van der Waals surface area contributed by atoms with Crippen LogP contribution in [0.4, 0.5) is 0 Å². The highest BCUT2D eigenvalue weighted by atomic mass is 16.5. The number of hydrogen-bond donors (Lipinski definition) is 1. The average molecular weight is 485 g/mol. The number of rotatable bonds is 7. The molecule has 0 bridgehead atoms. The minimum atomic E-state index is -0.772. The molecule has 3 heterocycles. The Kier molecular flexibility index (Phi) is 6.46. The lowest BCUT2D eigenvalue weighted by atomic mass is 9.94. The first-order chi connectivity index (χ1) is 17.5. The third-order valence-electron chi connectivity index (χ3n) is 6.46. The minimum absolute atomic E-state index is 0.0502. The summed E-state index contributed by atoms with van der Waals surface area (Å²) in [6.45, 7) is 4.76. The molecule has 0 saturated carbocycles. The number of likely N-dealkylation sites (tertiary alicyclic amines) is 1. The van der Waals surface area contributed by atoms with E-state index in [1.54, 1.807) is 36.7 Å². The highest BCUT2D eigenvalue weighted by Gasteiger charge is 2.46. The van der Waals surface area contributed by atoms with Gasteiger partial charge in [-0.25, -0.2) is 0 Å². The van der Waals surface area contributed by atoms with Gasteiger partial charge in [-0.2, -0.15) is 0 Å². The van der Waals surface area contributed by atoms with E-state index < -0.39 is 17.7 Å². The molecule has 1 amide bonds. The number of aromatic nitrogens is 1. The van der Waals surface area contributed by atoms with Crippen LogP contribution < -0.4 is 9.47 Å². The van der Waals surface area contributed by atoms with E-state index in [0.29, 0.717) is 29.9 Å². The lowest BCUT2D eigenvalue weighted by Crippen LogP contribution is -2.29. The summed E-state index contributed by atoms with van der Waals surface area (Å²) in [5, 5.41) is 11.4. The van der Waals surface area contributed by atoms with Gasteiger partial charge in [0.2, 0.25) is 0 Å². The summed E-state index contributed by atoms with van der Waals surface area (Å²) in [4.78, 5) is 32.2. The van der Waals surface area contributed by atoms with Gasteiger partial charge in [0.05, 0.1) is 18.2 Å². The van der Waals surface area contributed by atoms with Crippen molar-refractivity contribution in [2.24, 2.45) is 0 Å². The molecule has 7 heteroatoms. The van der Waals surface area contributed by atoms with Crippen LogP contribution in [-0.4, -0.2) is 39.4 Å². The van der Waals surface area contributed by atoms with Crippen molar-refractivity contribution in [1.29, 1.82) is 0 Å². The minimum Gasteiger partial charge on any atom is -0.507 e. The quantitative estimate of drug-likeness (QED) is 0.294. The second-order valence-electron chi connectivity index (χ2n) is 9.16. The highest BCUT2D eigenvalue weighted by Crippen LogP contribution is 2.42. The van der Waals surface area contributed by atoms with Crippen molar-refractivity contribution in [3.05, 3.63) is 94.8 Å². The Morgan fingerprint density at radius 1 is 1.14 bits per heavy atom. The molecule has 3 aromatic rings. The van der Waals surface area contributed by atoms with E-state index in [2.05, 4.69) is 4.98 Å². The van der Waals surface area contributed by atoms with Gasteiger partial charge in [-0.3, -0.25) is 14.6 Å². The average Bonchev–Trinajstić information content (AvgIpc) is 3.39. The second-order valence-corrected chi connectivity index (χ2v) is 9.16. The zero-order valence-electron chi connectivity index (χ0n) is 20.3. The van der Waals surface area contributed by atoms with Crippen molar-refractivity contribution in [2.45, 2.75) is 45.4 Å². The zero-order valence-corrected chi connectivity index (χ0v) is 20.3. The number of pyridine rings is 1. The third kappa shape index (κ3) is 4.44. The third-order valence-corrected chi connectivity index (χ3v) is 6.46. The molecule has 0 spiro atoms. The van der Waals surface area contributed by atoms with Crippen LogP contribution in [0.25, 0.3) is 5.76 Å². The van der Waals surface area contributed by atoms with Crippen LogP contribution in [0.1, 0.15) is 48.6 Å². The number of nitrogens with zero attached hydrogens (tertiary/aromatic N) is 2. The Morgan fingerprint density at radius 2 is 1.94 bits per heavy atom.